The van der Waals surface area contributed by atoms with E-state index in [0.717, 1.165) is 5.56 Å². The fraction of sp³-hybridized carbons (Fsp3) is 0.467. The van der Waals surface area contributed by atoms with E-state index in [9.17, 15) is 9.59 Å². The minimum absolute atomic E-state index is 0.112. The Balaban J connectivity index is 2.65. The van der Waals surface area contributed by atoms with Crippen LogP contribution in [-0.4, -0.2) is 22.8 Å². The molecule has 0 aliphatic heterocycles. The SMILES string of the molecule is CC(C)(C)OC(=O)Nc1ccccc1CCCC(=O)O. The number of anilines is 1. The van der Waals surface area contributed by atoms with E-state index in [2.05, 4.69) is 5.32 Å². The van der Waals surface area contributed by atoms with Gasteiger partial charge in [0, 0.05) is 12.1 Å². The maximum Gasteiger partial charge on any atom is 0.412 e. The molecule has 1 aromatic rings. The predicted molar refractivity (Wildman–Crippen MR) is 76.9 cm³/mol. The van der Waals surface area contributed by atoms with Gasteiger partial charge in [0.15, 0.2) is 0 Å². The number of rotatable bonds is 5. The number of aliphatic carboxylic acids is 1. The van der Waals surface area contributed by atoms with Gasteiger partial charge < -0.3 is 9.84 Å². The molecule has 1 amide bonds. The van der Waals surface area contributed by atoms with Crippen molar-refractivity contribution in [3.63, 3.8) is 0 Å². The standard InChI is InChI=1S/C15H21NO4/c1-15(2,3)20-14(19)16-12-9-5-4-7-11(12)8-6-10-13(17)18/h4-5,7,9H,6,8,10H2,1-3H3,(H,16,19)(H,17,18). The Morgan fingerprint density at radius 2 is 1.90 bits per heavy atom. The number of carboxylic acids is 1. The summed E-state index contributed by atoms with van der Waals surface area (Å²) in [5.74, 6) is -0.817. The second-order valence-corrected chi connectivity index (χ2v) is 5.53. The minimum atomic E-state index is -0.817. The third-order valence-corrected chi connectivity index (χ3v) is 2.49. The van der Waals surface area contributed by atoms with Crippen LogP contribution in [0.3, 0.4) is 0 Å². The molecule has 5 nitrogen and oxygen atoms in total. The summed E-state index contributed by atoms with van der Waals surface area (Å²) in [4.78, 5) is 22.3. The van der Waals surface area contributed by atoms with Crippen LogP contribution in [0.4, 0.5) is 10.5 Å². The van der Waals surface area contributed by atoms with E-state index < -0.39 is 17.7 Å². The predicted octanol–water partition coefficient (Wildman–Crippen LogP) is 3.44. The summed E-state index contributed by atoms with van der Waals surface area (Å²) >= 11 is 0. The maximum atomic E-state index is 11.7. The van der Waals surface area contributed by atoms with Crippen molar-refractivity contribution in [3.05, 3.63) is 29.8 Å². The van der Waals surface area contributed by atoms with E-state index in [0.29, 0.717) is 18.5 Å². The average Bonchev–Trinajstić information content (AvgIpc) is 2.28. The summed E-state index contributed by atoms with van der Waals surface area (Å²) in [7, 11) is 0. The quantitative estimate of drug-likeness (QED) is 0.865. The van der Waals surface area contributed by atoms with Gasteiger partial charge in [-0.1, -0.05) is 18.2 Å². The molecule has 110 valence electrons. The maximum absolute atomic E-state index is 11.7. The molecular formula is C15H21NO4. The molecule has 0 saturated carbocycles. The van der Waals surface area contributed by atoms with Crippen molar-refractivity contribution in [2.75, 3.05) is 5.32 Å². The molecule has 2 N–H and O–H groups in total. The number of aryl methyl sites for hydroxylation is 1. The molecule has 0 atom stereocenters. The smallest absolute Gasteiger partial charge is 0.412 e. The van der Waals surface area contributed by atoms with Crippen LogP contribution >= 0.6 is 0 Å². The Labute approximate surface area is 118 Å². The number of carboxylic acid groups (broad SMARTS) is 1. The fourth-order valence-corrected chi connectivity index (χ4v) is 1.70. The first-order valence-corrected chi connectivity index (χ1v) is 6.57. The Kier molecular flexibility index (Phi) is 5.55. The van der Waals surface area contributed by atoms with E-state index in [4.69, 9.17) is 9.84 Å². The summed E-state index contributed by atoms with van der Waals surface area (Å²) in [6.07, 6.45) is 0.727. The number of para-hydroxylation sites is 1. The topological polar surface area (TPSA) is 75.6 Å². The van der Waals surface area contributed by atoms with Crippen molar-refractivity contribution in [2.45, 2.75) is 45.6 Å². The Morgan fingerprint density at radius 3 is 2.50 bits per heavy atom. The van der Waals surface area contributed by atoms with Gasteiger partial charge in [0.05, 0.1) is 0 Å². The number of carbonyl (C=O) groups is 2. The Morgan fingerprint density at radius 1 is 1.25 bits per heavy atom. The van der Waals surface area contributed by atoms with Gasteiger partial charge in [0.2, 0.25) is 0 Å². The van der Waals surface area contributed by atoms with Crippen LogP contribution in [-0.2, 0) is 16.0 Å². The van der Waals surface area contributed by atoms with Crippen LogP contribution < -0.4 is 5.32 Å². The van der Waals surface area contributed by atoms with Crippen molar-refractivity contribution in [1.29, 1.82) is 0 Å². The zero-order valence-corrected chi connectivity index (χ0v) is 12.1. The van der Waals surface area contributed by atoms with Crippen molar-refractivity contribution in [1.82, 2.24) is 0 Å². The molecule has 0 fully saturated rings. The lowest BCUT2D eigenvalue weighted by molar-refractivity contribution is -0.137. The van der Waals surface area contributed by atoms with E-state index in [1.54, 1.807) is 26.8 Å². The van der Waals surface area contributed by atoms with Gasteiger partial charge in [0.1, 0.15) is 5.60 Å². The number of nitrogens with one attached hydrogen (secondary N) is 1. The second kappa shape index (κ2) is 6.93. The van der Waals surface area contributed by atoms with Gasteiger partial charge >= 0.3 is 12.1 Å². The zero-order valence-electron chi connectivity index (χ0n) is 12.1. The number of hydrogen-bond donors (Lipinski definition) is 2. The molecule has 0 spiro atoms. The summed E-state index contributed by atoms with van der Waals surface area (Å²) in [5, 5.41) is 11.3. The van der Waals surface area contributed by atoms with Crippen LogP contribution in [0.2, 0.25) is 0 Å². The highest BCUT2D eigenvalue weighted by Gasteiger charge is 2.17. The highest BCUT2D eigenvalue weighted by Crippen LogP contribution is 2.19. The number of carbonyl (C=O) groups excluding carboxylic acids is 1. The summed E-state index contributed by atoms with van der Waals surface area (Å²) in [6.45, 7) is 5.39. The Bertz CT molecular complexity index is 477. The molecule has 0 unspecified atom stereocenters. The third kappa shape index (κ3) is 6.22. The molecule has 0 bridgehead atoms. The minimum Gasteiger partial charge on any atom is -0.481 e. The first kappa shape index (κ1) is 16.0. The third-order valence-electron chi connectivity index (χ3n) is 2.49. The molecule has 0 aliphatic carbocycles. The van der Waals surface area contributed by atoms with Crippen LogP contribution in [0, 0.1) is 0 Å². The molecule has 0 aliphatic rings. The molecule has 1 aromatic carbocycles. The molecule has 0 aromatic heterocycles. The molecule has 1 rings (SSSR count). The van der Waals surface area contributed by atoms with E-state index in [1.165, 1.54) is 0 Å². The van der Waals surface area contributed by atoms with Crippen molar-refractivity contribution in [3.8, 4) is 0 Å². The van der Waals surface area contributed by atoms with Crippen LogP contribution in [0.1, 0.15) is 39.2 Å². The highest BCUT2D eigenvalue weighted by atomic mass is 16.6. The van der Waals surface area contributed by atoms with Gasteiger partial charge in [-0.2, -0.15) is 0 Å². The molecule has 0 saturated heterocycles. The van der Waals surface area contributed by atoms with Gasteiger partial charge in [-0.25, -0.2) is 4.79 Å². The van der Waals surface area contributed by atoms with Crippen LogP contribution in [0.25, 0.3) is 0 Å². The van der Waals surface area contributed by atoms with E-state index in [1.807, 2.05) is 18.2 Å². The monoisotopic (exact) mass is 279 g/mol. The number of benzene rings is 1. The van der Waals surface area contributed by atoms with Gasteiger partial charge in [-0.05, 0) is 45.2 Å². The zero-order chi connectivity index (χ0) is 15.2. The molecule has 0 heterocycles. The largest absolute Gasteiger partial charge is 0.481 e. The number of amides is 1. The van der Waals surface area contributed by atoms with Crippen LogP contribution in [0.5, 0.6) is 0 Å². The highest BCUT2D eigenvalue weighted by molar-refractivity contribution is 5.85. The number of ether oxygens (including phenoxy) is 1. The van der Waals surface area contributed by atoms with E-state index >= 15 is 0 Å². The molecule has 0 radical (unpaired) electrons. The summed E-state index contributed by atoms with van der Waals surface area (Å²) in [5.41, 5.74) is 1.01. The van der Waals surface area contributed by atoms with Gasteiger partial charge in [-0.3, -0.25) is 10.1 Å². The lowest BCUT2D eigenvalue weighted by Gasteiger charge is -2.20. The van der Waals surface area contributed by atoms with Gasteiger partial charge in [0.25, 0.3) is 0 Å². The second-order valence-electron chi connectivity index (χ2n) is 5.53. The fourth-order valence-electron chi connectivity index (χ4n) is 1.70. The molecule has 20 heavy (non-hydrogen) atoms. The lowest BCUT2D eigenvalue weighted by Crippen LogP contribution is -2.27. The molecule has 5 heteroatoms. The van der Waals surface area contributed by atoms with Crippen molar-refractivity contribution < 1.29 is 19.4 Å². The number of hydrogen-bond acceptors (Lipinski definition) is 3. The molecular weight excluding hydrogens is 258 g/mol. The Hall–Kier alpha value is -2.04. The summed E-state index contributed by atoms with van der Waals surface area (Å²) < 4.78 is 5.20. The normalized spacial score (nSPS) is 10.9. The first-order chi connectivity index (χ1) is 9.28. The summed E-state index contributed by atoms with van der Waals surface area (Å²) in [6, 6.07) is 7.32. The van der Waals surface area contributed by atoms with E-state index in [-0.39, 0.29) is 6.42 Å². The van der Waals surface area contributed by atoms with Gasteiger partial charge in [-0.15, -0.1) is 0 Å². The lowest BCUT2D eigenvalue weighted by atomic mass is 10.1. The van der Waals surface area contributed by atoms with Crippen molar-refractivity contribution >= 4 is 17.7 Å². The van der Waals surface area contributed by atoms with Crippen LogP contribution in [0.15, 0.2) is 24.3 Å². The van der Waals surface area contributed by atoms with Crippen molar-refractivity contribution in [2.24, 2.45) is 0 Å². The average molecular weight is 279 g/mol. The first-order valence-electron chi connectivity index (χ1n) is 6.57.